The van der Waals surface area contributed by atoms with E-state index in [0.717, 1.165) is 35.8 Å². The number of para-hydroxylation sites is 1. The van der Waals surface area contributed by atoms with Crippen molar-refractivity contribution in [2.75, 3.05) is 0 Å². The Morgan fingerprint density at radius 1 is 0.882 bits per heavy atom. The molecule has 0 spiro atoms. The minimum absolute atomic E-state index is 0.0992. The Kier molecular flexibility index (Phi) is 5.98. The van der Waals surface area contributed by atoms with Crippen molar-refractivity contribution < 1.29 is 18.3 Å². The molecule has 6 nitrogen and oxygen atoms in total. The van der Waals surface area contributed by atoms with Crippen LogP contribution in [0.1, 0.15) is 36.0 Å². The van der Waals surface area contributed by atoms with Crippen LogP contribution in [0.3, 0.4) is 0 Å². The second kappa shape index (κ2) is 9.08. The van der Waals surface area contributed by atoms with Gasteiger partial charge in [-0.25, -0.2) is 12.4 Å². The number of amides is 1. The fourth-order valence-corrected chi connectivity index (χ4v) is 5.99. The molecule has 1 aliphatic carbocycles. The SMILES string of the molecule is O=C(N[C@H]1CCCC[C@@H]1O)c1ccc(S(=O)(=O)n2cc(-c3ccccc3)c3ccccc32)cc1. The first-order valence-corrected chi connectivity index (χ1v) is 12.9. The van der Waals surface area contributed by atoms with Crippen molar-refractivity contribution in [3.63, 3.8) is 0 Å². The van der Waals surface area contributed by atoms with Gasteiger partial charge in [-0.2, -0.15) is 0 Å². The normalized spacial score (nSPS) is 18.6. The van der Waals surface area contributed by atoms with Gasteiger partial charge >= 0.3 is 0 Å². The molecule has 1 fully saturated rings. The third-order valence-electron chi connectivity index (χ3n) is 6.48. The second-order valence-corrected chi connectivity index (χ2v) is 10.5. The van der Waals surface area contributed by atoms with Crippen LogP contribution in [0, 0.1) is 0 Å². The van der Waals surface area contributed by atoms with Crippen molar-refractivity contribution in [2.45, 2.75) is 42.7 Å². The Morgan fingerprint density at radius 3 is 2.29 bits per heavy atom. The van der Waals surface area contributed by atoms with Crippen molar-refractivity contribution in [2.24, 2.45) is 0 Å². The van der Waals surface area contributed by atoms with Gasteiger partial charge in [-0.05, 0) is 48.7 Å². The summed E-state index contributed by atoms with van der Waals surface area (Å²) in [4.78, 5) is 12.7. The first kappa shape index (κ1) is 22.4. The van der Waals surface area contributed by atoms with E-state index in [2.05, 4.69) is 5.32 Å². The molecular formula is C27H26N2O4S. The summed E-state index contributed by atoms with van der Waals surface area (Å²) in [5.41, 5.74) is 2.72. The third-order valence-corrected chi connectivity index (χ3v) is 8.17. The molecule has 5 rings (SSSR count). The highest BCUT2D eigenvalue weighted by Gasteiger charge is 2.26. The van der Waals surface area contributed by atoms with Gasteiger partial charge in [0.05, 0.1) is 22.6 Å². The van der Waals surface area contributed by atoms with E-state index in [1.807, 2.05) is 48.5 Å². The van der Waals surface area contributed by atoms with Crippen LogP contribution in [0.15, 0.2) is 90.0 Å². The summed E-state index contributed by atoms with van der Waals surface area (Å²) in [6.45, 7) is 0. The number of rotatable bonds is 5. The zero-order valence-corrected chi connectivity index (χ0v) is 19.4. The average Bonchev–Trinajstić information content (AvgIpc) is 3.27. The van der Waals surface area contributed by atoms with E-state index < -0.39 is 16.1 Å². The van der Waals surface area contributed by atoms with Crippen LogP contribution in [-0.4, -0.2) is 35.5 Å². The predicted octanol–water partition coefficient (Wildman–Crippen LogP) is 4.58. The van der Waals surface area contributed by atoms with E-state index in [9.17, 15) is 18.3 Å². The van der Waals surface area contributed by atoms with E-state index in [-0.39, 0.29) is 16.8 Å². The average molecular weight is 475 g/mol. The van der Waals surface area contributed by atoms with Gasteiger partial charge in [0.1, 0.15) is 0 Å². The molecule has 2 atom stereocenters. The number of carbonyl (C=O) groups excluding carboxylic acids is 1. The molecule has 0 saturated heterocycles. The van der Waals surface area contributed by atoms with Crippen LogP contribution in [0.25, 0.3) is 22.0 Å². The molecule has 1 aromatic heterocycles. The number of fused-ring (bicyclic) bond motifs is 1. The minimum Gasteiger partial charge on any atom is -0.391 e. The van der Waals surface area contributed by atoms with E-state index >= 15 is 0 Å². The maximum Gasteiger partial charge on any atom is 0.268 e. The highest BCUT2D eigenvalue weighted by atomic mass is 32.2. The molecule has 1 saturated carbocycles. The number of aliphatic hydroxyl groups excluding tert-OH is 1. The number of aliphatic hydroxyl groups is 1. The summed E-state index contributed by atoms with van der Waals surface area (Å²) >= 11 is 0. The van der Waals surface area contributed by atoms with Crippen molar-refractivity contribution in [1.82, 2.24) is 9.29 Å². The van der Waals surface area contributed by atoms with Crippen LogP contribution in [0.5, 0.6) is 0 Å². The molecule has 34 heavy (non-hydrogen) atoms. The molecule has 3 aromatic carbocycles. The van der Waals surface area contributed by atoms with Gasteiger partial charge in [-0.15, -0.1) is 0 Å². The van der Waals surface area contributed by atoms with E-state index in [1.54, 1.807) is 12.3 Å². The van der Waals surface area contributed by atoms with Crippen LogP contribution in [0.4, 0.5) is 0 Å². The Balaban J connectivity index is 1.46. The van der Waals surface area contributed by atoms with Crippen LogP contribution >= 0.6 is 0 Å². The molecule has 4 aromatic rings. The number of nitrogens with one attached hydrogen (secondary N) is 1. The summed E-state index contributed by atoms with van der Waals surface area (Å²) in [6.07, 6.45) is 4.45. The van der Waals surface area contributed by atoms with Gasteiger partial charge in [-0.1, -0.05) is 61.4 Å². The Labute approximate surface area is 198 Å². The molecule has 1 heterocycles. The lowest BCUT2D eigenvalue weighted by atomic mass is 9.92. The number of benzene rings is 3. The summed E-state index contributed by atoms with van der Waals surface area (Å²) in [6, 6.07) is 22.8. The van der Waals surface area contributed by atoms with Crippen molar-refractivity contribution in [1.29, 1.82) is 0 Å². The highest BCUT2D eigenvalue weighted by molar-refractivity contribution is 7.90. The Morgan fingerprint density at radius 2 is 1.56 bits per heavy atom. The number of hydrogen-bond donors (Lipinski definition) is 2. The van der Waals surface area contributed by atoms with Crippen molar-refractivity contribution in [3.8, 4) is 11.1 Å². The number of carbonyl (C=O) groups is 1. The summed E-state index contributed by atoms with van der Waals surface area (Å²) in [5, 5.41) is 13.8. The fourth-order valence-electron chi connectivity index (χ4n) is 4.62. The van der Waals surface area contributed by atoms with Gasteiger partial charge in [0.15, 0.2) is 0 Å². The monoisotopic (exact) mass is 474 g/mol. The van der Waals surface area contributed by atoms with Gasteiger partial charge in [-0.3, -0.25) is 4.79 Å². The molecular weight excluding hydrogens is 448 g/mol. The minimum atomic E-state index is -3.89. The maximum atomic E-state index is 13.6. The van der Waals surface area contributed by atoms with E-state index in [1.165, 1.54) is 28.2 Å². The van der Waals surface area contributed by atoms with Crippen LogP contribution < -0.4 is 5.32 Å². The first-order chi connectivity index (χ1) is 16.4. The Bertz CT molecular complexity index is 1430. The number of nitrogens with zero attached hydrogens (tertiary/aromatic N) is 1. The van der Waals surface area contributed by atoms with Gasteiger partial charge in [0, 0.05) is 22.7 Å². The second-order valence-electron chi connectivity index (χ2n) is 8.68. The predicted molar refractivity (Wildman–Crippen MR) is 132 cm³/mol. The lowest BCUT2D eigenvalue weighted by Crippen LogP contribution is -2.45. The summed E-state index contributed by atoms with van der Waals surface area (Å²) < 4.78 is 28.4. The molecule has 0 bridgehead atoms. The molecule has 7 heteroatoms. The van der Waals surface area contributed by atoms with Crippen LogP contribution in [0.2, 0.25) is 0 Å². The topological polar surface area (TPSA) is 88.4 Å². The standard InChI is InChI=1S/C27H26N2O4S/c30-26-13-7-5-11-24(26)28-27(31)20-14-16-21(17-15-20)34(32,33)29-18-23(19-8-2-1-3-9-19)22-10-4-6-12-25(22)29/h1-4,6,8-10,12,14-18,24,26,30H,5,7,11,13H2,(H,28,31)/t24-,26-/m0/s1. The van der Waals surface area contributed by atoms with Gasteiger partial charge in [0.25, 0.3) is 15.9 Å². The lowest BCUT2D eigenvalue weighted by Gasteiger charge is -2.28. The van der Waals surface area contributed by atoms with E-state index in [0.29, 0.717) is 17.5 Å². The van der Waals surface area contributed by atoms with Crippen molar-refractivity contribution in [3.05, 3.63) is 90.6 Å². The zero-order chi connectivity index (χ0) is 23.7. The quantitative estimate of drug-likeness (QED) is 0.443. The van der Waals surface area contributed by atoms with E-state index in [4.69, 9.17) is 0 Å². The van der Waals surface area contributed by atoms with Crippen LogP contribution in [-0.2, 0) is 10.0 Å². The lowest BCUT2D eigenvalue weighted by molar-refractivity contribution is 0.0717. The molecule has 0 aliphatic heterocycles. The summed E-state index contributed by atoms with van der Waals surface area (Å²) in [5.74, 6) is -0.312. The first-order valence-electron chi connectivity index (χ1n) is 11.5. The number of hydrogen-bond acceptors (Lipinski definition) is 4. The highest BCUT2D eigenvalue weighted by Crippen LogP contribution is 2.33. The molecule has 1 aliphatic rings. The van der Waals surface area contributed by atoms with Gasteiger partial charge < -0.3 is 10.4 Å². The molecule has 174 valence electrons. The molecule has 0 unspecified atom stereocenters. The smallest absolute Gasteiger partial charge is 0.268 e. The maximum absolute atomic E-state index is 13.6. The Hall–Kier alpha value is -3.42. The number of aromatic nitrogens is 1. The molecule has 2 N–H and O–H groups in total. The summed E-state index contributed by atoms with van der Waals surface area (Å²) in [7, 11) is -3.89. The van der Waals surface area contributed by atoms with Crippen molar-refractivity contribution >= 4 is 26.8 Å². The molecule has 0 radical (unpaired) electrons. The fraction of sp³-hybridized carbons (Fsp3) is 0.222. The van der Waals surface area contributed by atoms with Gasteiger partial charge in [0.2, 0.25) is 0 Å². The zero-order valence-electron chi connectivity index (χ0n) is 18.6. The molecule has 1 amide bonds. The third kappa shape index (κ3) is 4.13. The largest absolute Gasteiger partial charge is 0.391 e.